The predicted molar refractivity (Wildman–Crippen MR) is 116 cm³/mol. The Morgan fingerprint density at radius 1 is 1.25 bits per heavy atom. The summed E-state index contributed by atoms with van der Waals surface area (Å²) < 4.78 is 2.11. The van der Waals surface area contributed by atoms with E-state index in [1.54, 1.807) is 0 Å². The Morgan fingerprint density at radius 3 is 2.68 bits per heavy atom. The van der Waals surface area contributed by atoms with Gasteiger partial charge in [-0.05, 0) is 30.0 Å². The molecule has 5 nitrogen and oxygen atoms in total. The number of carbonyl (C=O) groups excluding carboxylic acids is 1. The number of thioether (sulfide) groups is 1. The first-order valence-corrected chi connectivity index (χ1v) is 11.2. The van der Waals surface area contributed by atoms with E-state index in [1.165, 1.54) is 49.4 Å². The fourth-order valence-corrected chi connectivity index (χ4v) is 4.46. The summed E-state index contributed by atoms with van der Waals surface area (Å²) in [4.78, 5) is 12.3. The van der Waals surface area contributed by atoms with Crippen LogP contribution >= 0.6 is 11.8 Å². The first-order valence-electron chi connectivity index (χ1n) is 10.2. The number of carbonyl (C=O) groups is 1. The molecule has 1 heterocycles. The van der Waals surface area contributed by atoms with E-state index in [-0.39, 0.29) is 5.91 Å². The van der Waals surface area contributed by atoms with Gasteiger partial charge in [-0.2, -0.15) is 0 Å². The van der Waals surface area contributed by atoms with Gasteiger partial charge in [-0.3, -0.25) is 4.79 Å². The van der Waals surface area contributed by atoms with Crippen LogP contribution < -0.4 is 5.32 Å². The lowest BCUT2D eigenvalue weighted by atomic mass is 9.87. The number of hydrogen-bond donors (Lipinski definition) is 1. The third kappa shape index (κ3) is 5.71. The van der Waals surface area contributed by atoms with Gasteiger partial charge in [0.05, 0.1) is 5.75 Å². The number of allylic oxidation sites excluding steroid dienone is 1. The fraction of sp³-hybridized carbons (Fsp3) is 0.500. The van der Waals surface area contributed by atoms with Crippen LogP contribution in [0, 0.1) is 5.92 Å². The molecule has 0 atom stereocenters. The maximum atomic E-state index is 12.3. The summed E-state index contributed by atoms with van der Waals surface area (Å²) in [6.07, 6.45) is 10.4. The number of aryl methyl sites for hydroxylation is 1. The van der Waals surface area contributed by atoms with Gasteiger partial charge >= 0.3 is 0 Å². The first kappa shape index (κ1) is 20.6. The molecule has 1 fully saturated rings. The van der Waals surface area contributed by atoms with Crippen LogP contribution in [0.1, 0.15) is 50.4 Å². The predicted octanol–water partition coefficient (Wildman–Crippen LogP) is 4.88. The minimum absolute atomic E-state index is 0.0313. The van der Waals surface area contributed by atoms with E-state index in [1.807, 2.05) is 30.3 Å². The van der Waals surface area contributed by atoms with Gasteiger partial charge in [0.25, 0.3) is 0 Å². The van der Waals surface area contributed by atoms with Gasteiger partial charge in [0.15, 0.2) is 5.16 Å². The van der Waals surface area contributed by atoms with Gasteiger partial charge in [-0.1, -0.05) is 69.0 Å². The maximum absolute atomic E-state index is 12.3. The second-order valence-corrected chi connectivity index (χ2v) is 8.34. The van der Waals surface area contributed by atoms with Crippen LogP contribution in [0.25, 0.3) is 0 Å². The summed E-state index contributed by atoms with van der Waals surface area (Å²) in [7, 11) is 0. The third-order valence-electron chi connectivity index (χ3n) is 5.28. The van der Waals surface area contributed by atoms with Crippen molar-refractivity contribution < 1.29 is 4.79 Å². The van der Waals surface area contributed by atoms with Crippen molar-refractivity contribution in [3.63, 3.8) is 0 Å². The number of aromatic nitrogens is 3. The zero-order valence-corrected chi connectivity index (χ0v) is 17.5. The second kappa shape index (κ2) is 10.5. The molecule has 6 heteroatoms. The highest BCUT2D eigenvalue weighted by Gasteiger charge is 2.19. The molecule has 1 amide bonds. The van der Waals surface area contributed by atoms with Crippen molar-refractivity contribution in [1.82, 2.24) is 14.8 Å². The molecule has 2 aromatic rings. The molecular weight excluding hydrogens is 368 g/mol. The topological polar surface area (TPSA) is 59.8 Å². The van der Waals surface area contributed by atoms with E-state index in [4.69, 9.17) is 0 Å². The first-order chi connectivity index (χ1) is 13.7. The summed E-state index contributed by atoms with van der Waals surface area (Å²) in [5, 5.41) is 12.5. The highest BCUT2D eigenvalue weighted by atomic mass is 32.2. The lowest BCUT2D eigenvalue weighted by Crippen LogP contribution is -2.15. The average molecular weight is 399 g/mol. The average Bonchev–Trinajstić information content (AvgIpc) is 3.09. The minimum Gasteiger partial charge on any atom is -0.325 e. The minimum atomic E-state index is -0.0313. The van der Waals surface area contributed by atoms with Crippen LogP contribution in [-0.4, -0.2) is 26.4 Å². The van der Waals surface area contributed by atoms with Crippen molar-refractivity contribution in [3.8, 4) is 0 Å². The number of amides is 1. The summed E-state index contributed by atoms with van der Waals surface area (Å²) in [5.41, 5.74) is 2.09. The van der Waals surface area contributed by atoms with E-state index < -0.39 is 0 Å². The third-order valence-corrected chi connectivity index (χ3v) is 6.25. The molecule has 0 aliphatic heterocycles. The number of benzene rings is 1. The monoisotopic (exact) mass is 398 g/mol. The van der Waals surface area contributed by atoms with Crippen LogP contribution in [0.5, 0.6) is 0 Å². The lowest BCUT2D eigenvalue weighted by Gasteiger charge is -2.21. The van der Waals surface area contributed by atoms with Crippen molar-refractivity contribution in [2.24, 2.45) is 5.92 Å². The van der Waals surface area contributed by atoms with Crippen LogP contribution in [0.3, 0.4) is 0 Å². The maximum Gasteiger partial charge on any atom is 0.234 e. The van der Waals surface area contributed by atoms with Gasteiger partial charge < -0.3 is 9.88 Å². The van der Waals surface area contributed by atoms with Crippen molar-refractivity contribution in [3.05, 3.63) is 48.3 Å². The summed E-state index contributed by atoms with van der Waals surface area (Å²) in [6, 6.07) is 7.98. The molecule has 1 aliphatic rings. The number of hydrogen-bond acceptors (Lipinski definition) is 4. The number of anilines is 1. The van der Waals surface area contributed by atoms with Gasteiger partial charge in [-0.25, -0.2) is 0 Å². The Morgan fingerprint density at radius 2 is 2.00 bits per heavy atom. The molecule has 1 aromatic heterocycles. The van der Waals surface area contributed by atoms with Gasteiger partial charge in [0, 0.05) is 18.7 Å². The molecule has 0 saturated heterocycles. The van der Waals surface area contributed by atoms with Crippen molar-refractivity contribution >= 4 is 23.4 Å². The molecule has 150 valence electrons. The Labute approximate surface area is 172 Å². The number of nitrogens with zero attached hydrogens (tertiary/aromatic N) is 3. The largest absolute Gasteiger partial charge is 0.325 e. The molecule has 3 rings (SSSR count). The molecule has 0 radical (unpaired) electrons. The molecule has 1 N–H and O–H groups in total. The molecule has 0 spiro atoms. The normalized spacial score (nSPS) is 14.8. The highest BCUT2D eigenvalue weighted by molar-refractivity contribution is 7.99. The molecule has 0 unspecified atom stereocenters. The zero-order chi connectivity index (χ0) is 19.8. The van der Waals surface area contributed by atoms with Crippen LogP contribution in [0.15, 0.2) is 42.1 Å². The van der Waals surface area contributed by atoms with Crippen molar-refractivity contribution in [2.45, 2.75) is 63.6 Å². The summed E-state index contributed by atoms with van der Waals surface area (Å²) in [5.74, 6) is 2.00. The van der Waals surface area contributed by atoms with E-state index in [0.29, 0.717) is 18.2 Å². The van der Waals surface area contributed by atoms with Crippen LogP contribution in [-0.2, 0) is 24.2 Å². The van der Waals surface area contributed by atoms with Gasteiger partial charge in [0.2, 0.25) is 5.91 Å². The SMILES string of the molecule is C=CCn1c(CC2CCCCC2)nnc1SCC(=O)Nc1ccc(CC)cc1. The molecule has 1 saturated carbocycles. The Bertz CT molecular complexity index is 778. The second-order valence-electron chi connectivity index (χ2n) is 7.39. The van der Waals surface area contributed by atoms with Gasteiger partial charge in [-0.15, -0.1) is 16.8 Å². The van der Waals surface area contributed by atoms with Crippen LogP contribution in [0.4, 0.5) is 5.69 Å². The fourth-order valence-electron chi connectivity index (χ4n) is 3.69. The lowest BCUT2D eigenvalue weighted by molar-refractivity contribution is -0.113. The summed E-state index contributed by atoms with van der Waals surface area (Å²) in [6.45, 7) is 6.66. The Kier molecular flexibility index (Phi) is 7.71. The molecule has 0 bridgehead atoms. The highest BCUT2D eigenvalue weighted by Crippen LogP contribution is 2.27. The Hall–Kier alpha value is -2.08. The van der Waals surface area contributed by atoms with E-state index >= 15 is 0 Å². The molecule has 1 aliphatic carbocycles. The van der Waals surface area contributed by atoms with Crippen LogP contribution in [0.2, 0.25) is 0 Å². The quantitative estimate of drug-likeness (QED) is 0.483. The smallest absolute Gasteiger partial charge is 0.234 e. The standard InChI is InChI=1S/C22H30N4OS/c1-3-14-26-20(15-18-8-6-5-7-9-18)24-25-22(26)28-16-21(27)23-19-12-10-17(4-2)11-13-19/h3,10-13,18H,1,4-9,14-16H2,2H3,(H,23,27). The van der Waals surface area contributed by atoms with E-state index in [9.17, 15) is 4.79 Å². The Balaban J connectivity index is 1.57. The van der Waals surface area contributed by atoms with Crippen molar-refractivity contribution in [1.29, 1.82) is 0 Å². The summed E-state index contributed by atoms with van der Waals surface area (Å²) >= 11 is 1.43. The zero-order valence-electron chi connectivity index (χ0n) is 16.7. The van der Waals surface area contributed by atoms with E-state index in [0.717, 1.165) is 29.5 Å². The molecular formula is C22H30N4OS. The van der Waals surface area contributed by atoms with Crippen molar-refractivity contribution in [2.75, 3.05) is 11.1 Å². The molecule has 28 heavy (non-hydrogen) atoms. The number of rotatable bonds is 9. The van der Waals surface area contributed by atoms with E-state index in [2.05, 4.69) is 33.6 Å². The molecule has 1 aromatic carbocycles. The van der Waals surface area contributed by atoms with Gasteiger partial charge in [0.1, 0.15) is 5.82 Å². The number of nitrogens with one attached hydrogen (secondary N) is 1.